The van der Waals surface area contributed by atoms with Gasteiger partial charge in [0, 0.05) is 29.6 Å². The summed E-state index contributed by atoms with van der Waals surface area (Å²) in [5, 5.41) is 8.52. The molecule has 1 heterocycles. The lowest BCUT2D eigenvalue weighted by Gasteiger charge is -2.27. The molecule has 28 heavy (non-hydrogen) atoms. The van der Waals surface area contributed by atoms with Crippen LogP contribution in [0.5, 0.6) is 0 Å². The number of nitrogens with one attached hydrogen (secondary N) is 1. The number of hydrogen-bond donors (Lipinski definition) is 1. The Morgan fingerprint density at radius 1 is 1.14 bits per heavy atom. The molecule has 0 saturated carbocycles. The van der Waals surface area contributed by atoms with Gasteiger partial charge in [-0.15, -0.1) is 0 Å². The lowest BCUT2D eigenvalue weighted by atomic mass is 10.0. The number of halogens is 1. The van der Waals surface area contributed by atoms with Crippen molar-refractivity contribution in [1.29, 1.82) is 5.26 Å². The number of aliphatic imine (C=N–C) groups is 1. The summed E-state index contributed by atoms with van der Waals surface area (Å²) in [7, 11) is -3.79. The molecule has 0 aliphatic carbocycles. The maximum absolute atomic E-state index is 12.6. The van der Waals surface area contributed by atoms with Gasteiger partial charge >= 0.3 is 0 Å². The summed E-state index contributed by atoms with van der Waals surface area (Å²) in [4.78, 5) is 6.02. The van der Waals surface area contributed by atoms with Gasteiger partial charge < -0.3 is 4.90 Å². The molecule has 1 saturated heterocycles. The summed E-state index contributed by atoms with van der Waals surface area (Å²) in [5.74, 6) is 0. The summed E-state index contributed by atoms with van der Waals surface area (Å²) in [6, 6.07) is 18.2. The third-order valence-corrected chi connectivity index (χ3v) is 7.07. The van der Waals surface area contributed by atoms with Crippen LogP contribution >= 0.6 is 11.6 Å². The highest BCUT2D eigenvalue weighted by Crippen LogP contribution is 2.18. The number of piperidine rings is 1. The highest BCUT2D eigenvalue weighted by atomic mass is 35.5. The molecule has 1 unspecified atom stereocenters. The van der Waals surface area contributed by atoms with E-state index >= 15 is 0 Å². The molecule has 0 spiro atoms. The molecule has 7 heteroatoms. The fourth-order valence-corrected chi connectivity index (χ4v) is 4.68. The lowest BCUT2D eigenvalue weighted by molar-refractivity contribution is -0.918. The first-order valence-corrected chi connectivity index (χ1v) is 11.2. The molecule has 0 radical (unpaired) electrons. The largest absolute Gasteiger partial charge is 0.331 e. The summed E-state index contributed by atoms with van der Waals surface area (Å²) in [6.07, 6.45) is 3.08. The van der Waals surface area contributed by atoms with Crippen molar-refractivity contribution in [2.24, 2.45) is 4.99 Å². The Bertz CT molecular complexity index is 945. The Hall–Kier alpha value is -2.20. The second-order valence-corrected chi connectivity index (χ2v) is 9.50. The minimum Gasteiger partial charge on any atom is -0.331 e. The first-order chi connectivity index (χ1) is 13.5. The van der Waals surface area contributed by atoms with Crippen LogP contribution in [-0.4, -0.2) is 39.0 Å². The standard InChI is InChI=1S/C21H22ClN3O2S/c22-18-6-8-20(9-7-18)28(26,27)21(14-23)15-24-19-10-12-25(13-11-19)16-17-4-2-1-3-5-17/h1-9,15,19,21H,10-13,16H2/p+1. The van der Waals surface area contributed by atoms with Gasteiger partial charge in [-0.25, -0.2) is 8.42 Å². The summed E-state index contributed by atoms with van der Waals surface area (Å²) < 4.78 is 25.3. The van der Waals surface area contributed by atoms with Crippen LogP contribution in [0.15, 0.2) is 64.5 Å². The third kappa shape index (κ3) is 5.20. The maximum atomic E-state index is 12.6. The number of benzene rings is 2. The van der Waals surface area contributed by atoms with Crippen LogP contribution in [-0.2, 0) is 16.4 Å². The molecule has 2 aromatic carbocycles. The van der Waals surface area contributed by atoms with E-state index in [-0.39, 0.29) is 10.9 Å². The second kappa shape index (κ2) is 9.33. The van der Waals surface area contributed by atoms with Crippen LogP contribution in [0.3, 0.4) is 0 Å². The van der Waals surface area contributed by atoms with Gasteiger partial charge in [-0.1, -0.05) is 41.9 Å². The molecule has 1 aliphatic rings. The van der Waals surface area contributed by atoms with Crippen molar-refractivity contribution in [2.45, 2.75) is 35.6 Å². The van der Waals surface area contributed by atoms with Crippen LogP contribution in [0.25, 0.3) is 0 Å². The van der Waals surface area contributed by atoms with Crippen molar-refractivity contribution in [3.8, 4) is 6.07 Å². The Morgan fingerprint density at radius 3 is 2.39 bits per heavy atom. The fraction of sp³-hybridized carbons (Fsp3) is 0.333. The van der Waals surface area contributed by atoms with E-state index < -0.39 is 15.1 Å². The van der Waals surface area contributed by atoms with Crippen molar-refractivity contribution in [2.75, 3.05) is 13.1 Å². The van der Waals surface area contributed by atoms with Gasteiger partial charge in [0.15, 0.2) is 15.1 Å². The zero-order valence-corrected chi connectivity index (χ0v) is 17.0. The van der Waals surface area contributed by atoms with Crippen LogP contribution < -0.4 is 4.90 Å². The van der Waals surface area contributed by atoms with Crippen molar-refractivity contribution in [3.63, 3.8) is 0 Å². The minimum atomic E-state index is -3.79. The van der Waals surface area contributed by atoms with Crippen LogP contribution in [0.4, 0.5) is 0 Å². The predicted molar refractivity (Wildman–Crippen MR) is 110 cm³/mol. The molecule has 2 aromatic rings. The maximum Gasteiger partial charge on any atom is 0.199 e. The first-order valence-electron chi connectivity index (χ1n) is 9.29. The number of nitrogens with zero attached hydrogens (tertiary/aromatic N) is 2. The van der Waals surface area contributed by atoms with E-state index in [1.807, 2.05) is 12.1 Å². The predicted octanol–water partition coefficient (Wildman–Crippen LogP) is 2.32. The van der Waals surface area contributed by atoms with Gasteiger partial charge in [0.1, 0.15) is 6.54 Å². The van der Waals surface area contributed by atoms with Gasteiger partial charge in [0.25, 0.3) is 0 Å². The minimum absolute atomic E-state index is 0.0655. The van der Waals surface area contributed by atoms with E-state index in [0.29, 0.717) is 5.02 Å². The summed E-state index contributed by atoms with van der Waals surface area (Å²) >= 11 is 5.81. The number of sulfone groups is 1. The molecule has 1 aliphatic heterocycles. The topological polar surface area (TPSA) is 74.7 Å². The highest BCUT2D eigenvalue weighted by molar-refractivity contribution is 7.93. The average Bonchev–Trinajstić information content (AvgIpc) is 2.70. The van der Waals surface area contributed by atoms with E-state index in [2.05, 4.69) is 29.3 Å². The van der Waals surface area contributed by atoms with Crippen molar-refractivity contribution >= 4 is 27.7 Å². The zero-order chi connectivity index (χ0) is 20.0. The molecule has 3 rings (SSSR count). The molecule has 1 N–H and O–H groups in total. The molecule has 0 amide bonds. The monoisotopic (exact) mass is 416 g/mol. The summed E-state index contributed by atoms with van der Waals surface area (Å²) in [5.41, 5.74) is 1.32. The quantitative estimate of drug-likeness (QED) is 0.734. The number of likely N-dealkylation sites (tertiary alicyclic amines) is 1. The molecule has 1 fully saturated rings. The molecule has 0 bridgehead atoms. The Balaban J connectivity index is 1.58. The number of hydrogen-bond acceptors (Lipinski definition) is 4. The van der Waals surface area contributed by atoms with Crippen molar-refractivity contribution in [1.82, 2.24) is 0 Å². The number of rotatable bonds is 6. The molecular formula is C21H23ClN3O2S+. The van der Waals surface area contributed by atoms with Crippen molar-refractivity contribution < 1.29 is 13.3 Å². The molecule has 5 nitrogen and oxygen atoms in total. The van der Waals surface area contributed by atoms with Gasteiger partial charge in [0.05, 0.1) is 30.1 Å². The fourth-order valence-electron chi connectivity index (χ4n) is 3.37. The smallest absolute Gasteiger partial charge is 0.199 e. The Morgan fingerprint density at radius 2 is 1.79 bits per heavy atom. The molecule has 1 atom stereocenters. The second-order valence-electron chi connectivity index (χ2n) is 6.99. The molecule has 146 valence electrons. The van der Waals surface area contributed by atoms with E-state index in [9.17, 15) is 13.7 Å². The van der Waals surface area contributed by atoms with Gasteiger partial charge in [-0.3, -0.25) is 4.99 Å². The van der Waals surface area contributed by atoms with E-state index in [4.69, 9.17) is 11.6 Å². The Labute approximate surface area is 171 Å². The van der Waals surface area contributed by atoms with Gasteiger partial charge in [-0.05, 0) is 24.3 Å². The van der Waals surface area contributed by atoms with Crippen LogP contribution in [0.2, 0.25) is 5.02 Å². The lowest BCUT2D eigenvalue weighted by Crippen LogP contribution is -3.12. The van der Waals surface area contributed by atoms with E-state index in [1.54, 1.807) is 0 Å². The van der Waals surface area contributed by atoms with Gasteiger partial charge in [-0.2, -0.15) is 5.26 Å². The molecular weight excluding hydrogens is 394 g/mol. The average molecular weight is 417 g/mol. The normalized spacial score (nSPS) is 21.3. The SMILES string of the molecule is N#CC(C=NC1CC[NH+](Cc2ccccc2)CC1)S(=O)(=O)c1ccc(Cl)cc1. The number of quaternary nitrogens is 1. The number of nitriles is 1. The van der Waals surface area contributed by atoms with Crippen molar-refractivity contribution in [3.05, 3.63) is 65.2 Å². The Kier molecular flexibility index (Phi) is 6.84. The zero-order valence-electron chi connectivity index (χ0n) is 15.5. The highest BCUT2D eigenvalue weighted by Gasteiger charge is 2.27. The van der Waals surface area contributed by atoms with Crippen LogP contribution in [0, 0.1) is 11.3 Å². The first kappa shape index (κ1) is 20.5. The van der Waals surface area contributed by atoms with E-state index in [0.717, 1.165) is 32.5 Å². The van der Waals surface area contributed by atoms with Crippen LogP contribution in [0.1, 0.15) is 18.4 Å². The van der Waals surface area contributed by atoms with Gasteiger partial charge in [0.2, 0.25) is 0 Å². The molecule has 0 aromatic heterocycles. The summed E-state index contributed by atoms with van der Waals surface area (Å²) in [6.45, 7) is 2.96. The third-order valence-electron chi connectivity index (χ3n) is 5.00. The van der Waals surface area contributed by atoms with E-state index in [1.165, 1.54) is 40.9 Å².